The van der Waals surface area contributed by atoms with Gasteiger partial charge >= 0.3 is 11.9 Å². The Labute approximate surface area is 339 Å². The summed E-state index contributed by atoms with van der Waals surface area (Å²) in [6.07, 6.45) is -6.74. The molecule has 0 aromatic heterocycles. The van der Waals surface area contributed by atoms with Gasteiger partial charge in [-0.3, -0.25) is 4.79 Å². The Bertz CT molecular complexity index is 1300. The first-order chi connectivity index (χ1) is 26.5. The quantitative estimate of drug-likeness (QED) is 0.0383. The largest absolute Gasteiger partial charge is 0.463 e. The van der Waals surface area contributed by atoms with E-state index in [1.54, 1.807) is 33.8 Å². The highest BCUT2D eigenvalue weighted by atomic mass is 16.7. The Morgan fingerprint density at radius 2 is 1.25 bits per heavy atom. The van der Waals surface area contributed by atoms with Crippen LogP contribution in [0.1, 0.15) is 95.4 Å². The molecule has 0 aromatic rings. The molecule has 15 heteroatoms. The SMILES string of the molecule is CCC(C)CC(C)CC(C)C(O[C@@H]1OC(COC(C)=O)[C@@H](O)[C@H](O)C1O)C(C)/C=C(\C)C(O)C(C)/C=C(\C)C(O)C(C)/C=C(\C)C(=O)OC[C@@H](O)[C@H](O)[C@H](O)CO. The summed E-state index contributed by atoms with van der Waals surface area (Å²) in [5, 5.41) is 92.7. The zero-order valence-corrected chi connectivity index (χ0v) is 35.8. The number of aliphatic hydroxyl groups excluding tert-OH is 9. The summed E-state index contributed by atoms with van der Waals surface area (Å²) >= 11 is 0. The van der Waals surface area contributed by atoms with Gasteiger partial charge in [0.2, 0.25) is 0 Å². The molecule has 0 aromatic carbocycles. The van der Waals surface area contributed by atoms with Crippen LogP contribution in [0.25, 0.3) is 0 Å². The van der Waals surface area contributed by atoms with Gasteiger partial charge < -0.3 is 64.9 Å². The molecule has 11 unspecified atom stereocenters. The second-order valence-electron chi connectivity index (χ2n) is 16.5. The molecule has 0 saturated carbocycles. The van der Waals surface area contributed by atoms with Gasteiger partial charge in [0.05, 0.1) is 24.9 Å². The van der Waals surface area contributed by atoms with Crippen molar-refractivity contribution in [1.82, 2.24) is 0 Å². The molecule has 57 heavy (non-hydrogen) atoms. The molecule has 1 rings (SSSR count). The van der Waals surface area contributed by atoms with E-state index in [4.69, 9.17) is 24.1 Å². The molecule has 0 bridgehead atoms. The van der Waals surface area contributed by atoms with Crippen LogP contribution in [0.5, 0.6) is 0 Å². The number of hydrogen-bond donors (Lipinski definition) is 9. The van der Waals surface area contributed by atoms with Crippen LogP contribution in [0.4, 0.5) is 0 Å². The Hall–Kier alpha value is -2.28. The van der Waals surface area contributed by atoms with Crippen molar-refractivity contribution >= 4 is 11.9 Å². The van der Waals surface area contributed by atoms with Crippen molar-refractivity contribution in [3.8, 4) is 0 Å². The lowest BCUT2D eigenvalue weighted by atomic mass is 9.82. The van der Waals surface area contributed by atoms with Gasteiger partial charge in [-0.05, 0) is 62.5 Å². The van der Waals surface area contributed by atoms with E-state index in [2.05, 4.69) is 20.8 Å². The van der Waals surface area contributed by atoms with E-state index in [0.29, 0.717) is 23.0 Å². The van der Waals surface area contributed by atoms with Crippen LogP contribution >= 0.6 is 0 Å². The minimum Gasteiger partial charge on any atom is -0.463 e. The highest BCUT2D eigenvalue weighted by molar-refractivity contribution is 5.87. The maximum absolute atomic E-state index is 12.5. The smallest absolute Gasteiger partial charge is 0.333 e. The predicted molar refractivity (Wildman–Crippen MR) is 212 cm³/mol. The van der Waals surface area contributed by atoms with Gasteiger partial charge in [0, 0.05) is 30.3 Å². The standard InChI is InChI=1S/C42H74O15/c1-12-21(2)13-22(3)14-27(8)40(57-42-39(52)38(51)37(50)33(56-42)20-54-30(11)44)28(9)16-25(6)34(47)23(4)15-24(5)35(48)26(7)17-29(10)41(53)55-19-32(46)36(49)31(45)18-43/h15-17,21-23,26-28,31-40,42-43,45-52H,12-14,18-20H2,1-11H3/b24-15+,25-16+,29-17+/t21?,22?,23?,26?,27?,28?,31-,32-,33?,34?,35?,36-,37-,38+,39?,40?,42+/m1/s1. The zero-order valence-electron chi connectivity index (χ0n) is 35.8. The number of aliphatic hydroxyl groups is 9. The van der Waals surface area contributed by atoms with Gasteiger partial charge in [-0.25, -0.2) is 4.79 Å². The van der Waals surface area contributed by atoms with Crippen LogP contribution in [-0.2, 0) is 28.5 Å². The molecule has 17 atom stereocenters. The highest BCUT2D eigenvalue weighted by Crippen LogP contribution is 2.33. The first-order valence-electron chi connectivity index (χ1n) is 20.2. The molecule has 0 amide bonds. The van der Waals surface area contributed by atoms with Gasteiger partial charge in [-0.1, -0.05) is 73.1 Å². The first-order valence-corrected chi connectivity index (χ1v) is 20.2. The summed E-state index contributed by atoms with van der Waals surface area (Å²) in [6, 6.07) is 0. The second kappa shape index (κ2) is 25.4. The predicted octanol–water partition coefficient (Wildman–Crippen LogP) is 1.93. The minimum atomic E-state index is -1.71. The number of rotatable bonds is 24. The topological polar surface area (TPSA) is 253 Å². The van der Waals surface area contributed by atoms with Gasteiger partial charge in [-0.15, -0.1) is 0 Å². The molecule has 0 spiro atoms. The average Bonchev–Trinajstić information content (AvgIpc) is 3.15. The van der Waals surface area contributed by atoms with Crippen molar-refractivity contribution in [2.75, 3.05) is 19.8 Å². The third-order valence-corrected chi connectivity index (χ3v) is 10.9. The fourth-order valence-corrected chi connectivity index (χ4v) is 7.35. The number of carbonyl (C=O) groups excluding carboxylic acids is 2. The Balaban J connectivity index is 3.20. The normalized spacial score (nSPS) is 27.5. The number of carbonyl (C=O) groups is 2. The van der Waals surface area contributed by atoms with Crippen molar-refractivity contribution in [3.05, 3.63) is 34.9 Å². The number of esters is 2. The van der Waals surface area contributed by atoms with Gasteiger partial charge in [0.1, 0.15) is 55.9 Å². The van der Waals surface area contributed by atoms with E-state index in [9.17, 15) is 50.4 Å². The van der Waals surface area contributed by atoms with Crippen LogP contribution in [0.3, 0.4) is 0 Å². The monoisotopic (exact) mass is 819 g/mol. The minimum absolute atomic E-state index is 0.0761. The van der Waals surface area contributed by atoms with Crippen LogP contribution in [-0.4, -0.2) is 145 Å². The summed E-state index contributed by atoms with van der Waals surface area (Å²) in [7, 11) is 0. The molecule has 1 saturated heterocycles. The molecule has 9 N–H and O–H groups in total. The first kappa shape index (κ1) is 52.7. The van der Waals surface area contributed by atoms with Crippen molar-refractivity contribution in [3.63, 3.8) is 0 Å². The van der Waals surface area contributed by atoms with Crippen LogP contribution in [0.15, 0.2) is 34.9 Å². The van der Waals surface area contributed by atoms with E-state index >= 15 is 0 Å². The molecule has 0 aliphatic carbocycles. The Morgan fingerprint density at radius 3 is 1.77 bits per heavy atom. The van der Waals surface area contributed by atoms with Crippen LogP contribution < -0.4 is 0 Å². The summed E-state index contributed by atoms with van der Waals surface area (Å²) in [4.78, 5) is 23.9. The Kier molecular flexibility index (Phi) is 23.5. The summed E-state index contributed by atoms with van der Waals surface area (Å²) in [5.74, 6) is -1.96. The molecule has 15 nitrogen and oxygen atoms in total. The third kappa shape index (κ3) is 17.1. The van der Waals surface area contributed by atoms with Crippen LogP contribution in [0, 0.1) is 35.5 Å². The lowest BCUT2D eigenvalue weighted by Crippen LogP contribution is -2.60. The molecule has 1 fully saturated rings. The molecule has 1 heterocycles. The molecule has 1 aliphatic heterocycles. The summed E-state index contributed by atoms with van der Waals surface area (Å²) in [5.41, 5.74) is 1.30. The molecular formula is C42H74O15. The maximum atomic E-state index is 12.5. The van der Waals surface area contributed by atoms with Crippen molar-refractivity contribution in [2.24, 2.45) is 35.5 Å². The van der Waals surface area contributed by atoms with E-state index in [0.717, 1.165) is 19.3 Å². The van der Waals surface area contributed by atoms with Crippen LogP contribution in [0.2, 0.25) is 0 Å². The average molecular weight is 819 g/mol. The van der Waals surface area contributed by atoms with E-state index < -0.39 is 104 Å². The second-order valence-corrected chi connectivity index (χ2v) is 16.5. The maximum Gasteiger partial charge on any atom is 0.333 e. The number of ether oxygens (including phenoxy) is 4. The fraction of sp³-hybridized carbons (Fsp3) is 0.810. The molecular weight excluding hydrogens is 744 g/mol. The fourth-order valence-electron chi connectivity index (χ4n) is 7.35. The summed E-state index contributed by atoms with van der Waals surface area (Å²) < 4.78 is 22.4. The van der Waals surface area contributed by atoms with Gasteiger partial charge in [0.25, 0.3) is 0 Å². The molecule has 332 valence electrons. The summed E-state index contributed by atoms with van der Waals surface area (Å²) in [6.45, 7) is 18.4. The highest BCUT2D eigenvalue weighted by Gasteiger charge is 2.46. The lowest BCUT2D eigenvalue weighted by molar-refractivity contribution is -0.317. The third-order valence-electron chi connectivity index (χ3n) is 10.9. The molecule has 1 aliphatic rings. The van der Waals surface area contributed by atoms with E-state index in [1.165, 1.54) is 19.9 Å². The number of hydrogen-bond acceptors (Lipinski definition) is 15. The van der Waals surface area contributed by atoms with E-state index in [1.807, 2.05) is 19.9 Å². The molecule has 0 radical (unpaired) electrons. The van der Waals surface area contributed by atoms with Gasteiger partial charge in [-0.2, -0.15) is 0 Å². The zero-order chi connectivity index (χ0) is 43.9. The van der Waals surface area contributed by atoms with E-state index in [-0.39, 0.29) is 24.0 Å². The van der Waals surface area contributed by atoms with Crippen molar-refractivity contribution in [2.45, 2.75) is 163 Å². The lowest BCUT2D eigenvalue weighted by Gasteiger charge is -2.43. The van der Waals surface area contributed by atoms with Gasteiger partial charge in [0.15, 0.2) is 6.29 Å². The van der Waals surface area contributed by atoms with Crippen molar-refractivity contribution in [1.29, 1.82) is 0 Å². The van der Waals surface area contributed by atoms with Crippen molar-refractivity contribution < 1.29 is 74.5 Å². The Morgan fingerprint density at radius 1 is 0.702 bits per heavy atom.